The molecule has 8 rings (SSSR count). The molecule has 0 unspecified atom stereocenters. The van der Waals surface area contributed by atoms with Gasteiger partial charge < -0.3 is 0 Å². The average Bonchev–Trinajstić information content (AvgIpc) is 3.49. The maximum atomic E-state index is 5.29. The summed E-state index contributed by atoms with van der Waals surface area (Å²) in [5.74, 6) is 0.690. The molecule has 0 radical (unpaired) electrons. The zero-order valence-corrected chi connectivity index (χ0v) is 21.9. The van der Waals surface area contributed by atoms with Crippen LogP contribution in [0.15, 0.2) is 114 Å². The lowest BCUT2D eigenvalue weighted by atomic mass is 10.0. The molecule has 5 aromatic carbocycles. The number of hydrogen-bond acceptors (Lipinski definition) is 3. The Morgan fingerprint density at radius 2 is 1.38 bits per heavy atom. The molecule has 3 aromatic heterocycles. The van der Waals surface area contributed by atoms with Crippen molar-refractivity contribution in [2.45, 2.75) is 0 Å². The van der Waals surface area contributed by atoms with Gasteiger partial charge in [0.1, 0.15) is 4.83 Å². The normalized spacial score (nSPS) is 11.9. The molecule has 0 saturated carbocycles. The van der Waals surface area contributed by atoms with Crippen molar-refractivity contribution in [2.75, 3.05) is 0 Å². The maximum absolute atomic E-state index is 5.29. The van der Waals surface area contributed by atoms with Crippen LogP contribution in [0.4, 0.5) is 0 Å². The Labute approximate surface area is 224 Å². The molecule has 0 bridgehead atoms. The number of fused-ring (bicyclic) bond motifs is 8. The van der Waals surface area contributed by atoms with Crippen molar-refractivity contribution >= 4 is 80.1 Å². The molecule has 0 atom stereocenters. The maximum Gasteiger partial charge on any atom is 0.236 e. The Hall–Kier alpha value is -4.06. The van der Waals surface area contributed by atoms with E-state index in [1.165, 1.54) is 31.6 Å². The Bertz CT molecular complexity index is 2160. The van der Waals surface area contributed by atoms with Gasteiger partial charge in [0.05, 0.1) is 16.7 Å². The van der Waals surface area contributed by atoms with Gasteiger partial charge in [-0.25, -0.2) is 9.97 Å². The first kappa shape index (κ1) is 21.1. The monoisotopic (exact) mass is 555 g/mol. The number of rotatable bonds is 2. The van der Waals surface area contributed by atoms with Crippen LogP contribution in [-0.2, 0) is 0 Å². The molecule has 0 N–H and O–H groups in total. The first-order chi connectivity index (χ1) is 18.3. The van der Waals surface area contributed by atoms with Crippen molar-refractivity contribution < 1.29 is 0 Å². The second kappa shape index (κ2) is 7.97. The summed E-state index contributed by atoms with van der Waals surface area (Å²) in [5, 5.41) is 7.18. The molecular weight excluding hydrogens is 538 g/mol. The van der Waals surface area contributed by atoms with Gasteiger partial charge in [-0.05, 0) is 35.0 Å². The molecule has 0 saturated heterocycles. The highest BCUT2D eigenvalue weighted by Crippen LogP contribution is 2.42. The van der Waals surface area contributed by atoms with E-state index in [0.29, 0.717) is 5.95 Å². The number of benzene rings is 5. The first-order valence-corrected chi connectivity index (χ1v) is 13.7. The third kappa shape index (κ3) is 3.11. The summed E-state index contributed by atoms with van der Waals surface area (Å²) >= 11 is 5.41. The number of thiophene rings is 1. The molecule has 5 heteroatoms. The summed E-state index contributed by atoms with van der Waals surface area (Å²) in [5.41, 5.74) is 4.24. The highest BCUT2D eigenvalue weighted by Gasteiger charge is 2.20. The molecule has 3 nitrogen and oxygen atoms in total. The van der Waals surface area contributed by atoms with Crippen molar-refractivity contribution in [1.29, 1.82) is 0 Å². The molecule has 0 amide bonds. The summed E-state index contributed by atoms with van der Waals surface area (Å²) in [7, 11) is 0. The zero-order valence-electron chi connectivity index (χ0n) is 19.5. The standard InChI is InChI=1S/C32H18BrN3S/c33-21-15-17-27-25(18-21)23-12-6-7-13-26(23)36(27)32-34-29(20-9-2-1-3-10-20)28-24-16-14-19-8-4-5-11-22(19)30(24)37-31(28)35-32/h1-18H. The molecule has 0 fully saturated rings. The van der Waals surface area contributed by atoms with Crippen LogP contribution in [0.3, 0.4) is 0 Å². The molecule has 8 aromatic rings. The Morgan fingerprint density at radius 1 is 0.622 bits per heavy atom. The van der Waals surface area contributed by atoms with Gasteiger partial charge in [0.15, 0.2) is 0 Å². The Morgan fingerprint density at radius 3 is 2.27 bits per heavy atom. The van der Waals surface area contributed by atoms with Crippen LogP contribution in [0.1, 0.15) is 0 Å². The minimum atomic E-state index is 0.690. The minimum Gasteiger partial charge on any atom is -0.278 e. The smallest absolute Gasteiger partial charge is 0.236 e. The molecule has 0 aliphatic heterocycles. The van der Waals surface area contributed by atoms with Crippen molar-refractivity contribution in [3.8, 4) is 17.2 Å². The van der Waals surface area contributed by atoms with E-state index in [1.54, 1.807) is 11.3 Å². The van der Waals surface area contributed by atoms with Crippen LogP contribution in [0.2, 0.25) is 0 Å². The fourth-order valence-electron chi connectivity index (χ4n) is 5.46. The third-order valence-electron chi connectivity index (χ3n) is 7.09. The fraction of sp³-hybridized carbons (Fsp3) is 0. The molecule has 0 aliphatic carbocycles. The van der Waals surface area contributed by atoms with E-state index >= 15 is 0 Å². The molecule has 0 spiro atoms. The Balaban J connectivity index is 1.54. The van der Waals surface area contributed by atoms with E-state index in [9.17, 15) is 0 Å². The number of halogens is 1. The van der Waals surface area contributed by atoms with Gasteiger partial charge in [0.25, 0.3) is 0 Å². The number of aromatic nitrogens is 3. The van der Waals surface area contributed by atoms with Crippen molar-refractivity contribution in [2.24, 2.45) is 0 Å². The second-order valence-corrected chi connectivity index (χ2v) is 11.1. The minimum absolute atomic E-state index is 0.690. The summed E-state index contributed by atoms with van der Waals surface area (Å²) in [6, 6.07) is 38.4. The van der Waals surface area contributed by atoms with Crippen LogP contribution >= 0.6 is 27.3 Å². The SMILES string of the molecule is Brc1ccc2c(c1)c1ccccc1n2-c1nc(-c2ccccc2)c2c(n1)sc1c3ccccc3ccc12. The number of nitrogens with zero attached hydrogens (tertiary/aromatic N) is 3. The third-order valence-corrected chi connectivity index (χ3v) is 8.72. The molecule has 37 heavy (non-hydrogen) atoms. The van der Waals surface area contributed by atoms with Crippen molar-refractivity contribution in [3.63, 3.8) is 0 Å². The quantitative estimate of drug-likeness (QED) is 0.212. The summed E-state index contributed by atoms with van der Waals surface area (Å²) in [6.45, 7) is 0. The van der Waals surface area contributed by atoms with Gasteiger partial charge in [0.2, 0.25) is 5.95 Å². The molecule has 0 aliphatic rings. The summed E-state index contributed by atoms with van der Waals surface area (Å²) in [4.78, 5) is 11.5. The van der Waals surface area contributed by atoms with Crippen LogP contribution < -0.4 is 0 Å². The fourth-order valence-corrected chi connectivity index (χ4v) is 7.02. The zero-order chi connectivity index (χ0) is 24.5. The second-order valence-electron chi connectivity index (χ2n) is 9.20. The van der Waals surface area contributed by atoms with E-state index < -0.39 is 0 Å². The topological polar surface area (TPSA) is 30.7 Å². The highest BCUT2D eigenvalue weighted by atomic mass is 79.9. The van der Waals surface area contributed by atoms with Crippen molar-refractivity contribution in [1.82, 2.24) is 14.5 Å². The largest absolute Gasteiger partial charge is 0.278 e. The van der Waals surface area contributed by atoms with Crippen LogP contribution in [-0.4, -0.2) is 14.5 Å². The summed E-state index contributed by atoms with van der Waals surface area (Å²) < 4.78 is 4.51. The van der Waals surface area contributed by atoms with E-state index in [0.717, 1.165) is 37.0 Å². The van der Waals surface area contributed by atoms with Gasteiger partial charge in [0, 0.05) is 36.3 Å². The lowest BCUT2D eigenvalue weighted by Crippen LogP contribution is -2.02. The van der Waals surface area contributed by atoms with Gasteiger partial charge in [-0.2, -0.15) is 0 Å². The van der Waals surface area contributed by atoms with Gasteiger partial charge >= 0.3 is 0 Å². The highest BCUT2D eigenvalue weighted by molar-refractivity contribution is 9.10. The van der Waals surface area contributed by atoms with E-state index in [1.807, 2.05) is 6.07 Å². The first-order valence-electron chi connectivity index (χ1n) is 12.1. The van der Waals surface area contributed by atoms with Crippen molar-refractivity contribution in [3.05, 3.63) is 114 Å². The number of para-hydroxylation sites is 1. The van der Waals surface area contributed by atoms with Gasteiger partial charge in [-0.15, -0.1) is 11.3 Å². The molecule has 3 heterocycles. The van der Waals surface area contributed by atoms with Crippen LogP contribution in [0.5, 0.6) is 0 Å². The van der Waals surface area contributed by atoms with E-state index in [-0.39, 0.29) is 0 Å². The Kier molecular flexibility index (Phi) is 4.54. The van der Waals surface area contributed by atoms with E-state index in [2.05, 4.69) is 124 Å². The summed E-state index contributed by atoms with van der Waals surface area (Å²) in [6.07, 6.45) is 0. The van der Waals surface area contributed by atoms with Crippen LogP contribution in [0, 0.1) is 0 Å². The average molecular weight is 556 g/mol. The van der Waals surface area contributed by atoms with Gasteiger partial charge in [-0.1, -0.05) is 101 Å². The lowest BCUT2D eigenvalue weighted by Gasteiger charge is -2.10. The predicted molar refractivity (Wildman–Crippen MR) is 160 cm³/mol. The molecule has 174 valence electrons. The van der Waals surface area contributed by atoms with E-state index in [4.69, 9.17) is 9.97 Å². The van der Waals surface area contributed by atoms with Gasteiger partial charge in [-0.3, -0.25) is 4.57 Å². The predicted octanol–water partition coefficient (Wildman–Crippen LogP) is 9.52. The lowest BCUT2D eigenvalue weighted by molar-refractivity contribution is 1.02. The molecular formula is C32H18BrN3S. The van der Waals surface area contributed by atoms with Crippen LogP contribution in [0.25, 0.3) is 70.1 Å². The number of hydrogen-bond donors (Lipinski definition) is 0.